The molecule has 12 bridgehead atoms. The molecule has 0 aromatic rings. The number of ether oxygens (including phenoxy) is 12. The first-order valence-electron chi connectivity index (χ1n) is 22.3. The van der Waals surface area contributed by atoms with Crippen molar-refractivity contribution in [3.63, 3.8) is 0 Å². The van der Waals surface area contributed by atoms with E-state index in [0.717, 1.165) is 6.08 Å². The molecule has 22 heterocycles. The lowest BCUT2D eigenvalue weighted by Gasteiger charge is -2.50. The highest BCUT2D eigenvalue weighted by molar-refractivity contribution is 5.86. The first kappa shape index (κ1) is 55.8. The van der Waals surface area contributed by atoms with E-state index < -0.39 is 230 Å². The largest absolute Gasteiger partial charge is 0.394 e. The second-order valence-corrected chi connectivity index (χ2v) is 17.6. The van der Waals surface area contributed by atoms with Crippen LogP contribution >= 0.6 is 0 Å². The molecule has 30 atom stereocenters. The zero-order valence-electron chi connectivity index (χ0n) is 36.8. The van der Waals surface area contributed by atoms with Crippen molar-refractivity contribution in [3.8, 4) is 0 Å². The minimum Gasteiger partial charge on any atom is -0.394 e. The van der Waals surface area contributed by atoms with Crippen molar-refractivity contribution in [3.05, 3.63) is 12.7 Å². The monoisotopic (exact) mass is 1030 g/mol. The fourth-order valence-electron chi connectivity index (χ4n) is 9.22. The average Bonchev–Trinajstić information content (AvgIpc) is 3.35. The van der Waals surface area contributed by atoms with Crippen LogP contribution in [0.2, 0.25) is 0 Å². The maximum absolute atomic E-state index is 12.3. The molecule has 22 fully saturated rings. The number of carbonyl (C=O) groups excluding carboxylic acids is 1. The Morgan fingerprint density at radius 1 is 0.329 bits per heavy atom. The van der Waals surface area contributed by atoms with Gasteiger partial charge in [0.1, 0.15) is 146 Å². The molecule has 70 heavy (non-hydrogen) atoms. The van der Waals surface area contributed by atoms with Gasteiger partial charge in [0.25, 0.3) is 0 Å². The summed E-state index contributed by atoms with van der Waals surface area (Å²) in [5, 5.41) is 189. The van der Waals surface area contributed by atoms with Crippen LogP contribution in [0, 0.1) is 0 Å². The molecule has 18 N–H and O–H groups in total. The normalized spacial score (nSPS) is 52.7. The molecule has 0 aromatic carbocycles. The van der Waals surface area contributed by atoms with Crippen LogP contribution in [0.25, 0.3) is 0 Å². The summed E-state index contributed by atoms with van der Waals surface area (Å²) in [6, 6.07) is 0. The summed E-state index contributed by atoms with van der Waals surface area (Å²) in [5.74, 6) is -0.780. The molecule has 404 valence electrons. The molecule has 0 spiro atoms. The highest BCUT2D eigenvalue weighted by atomic mass is 16.8. The predicted octanol–water partition coefficient (Wildman–Crippen LogP) is -12.7. The van der Waals surface area contributed by atoms with E-state index in [-0.39, 0.29) is 0 Å². The van der Waals surface area contributed by atoms with E-state index in [1.807, 2.05) is 0 Å². The lowest BCUT2D eigenvalue weighted by atomic mass is 9.94. The van der Waals surface area contributed by atoms with E-state index in [1.54, 1.807) is 0 Å². The van der Waals surface area contributed by atoms with Crippen LogP contribution in [-0.4, -0.2) is 317 Å². The lowest BCUT2D eigenvalue weighted by Crippen LogP contribution is -2.69. The summed E-state index contributed by atoms with van der Waals surface area (Å²) >= 11 is 0. The number of aliphatic hydroxyl groups is 17. The maximum atomic E-state index is 12.3. The molecule has 0 aliphatic carbocycles. The van der Waals surface area contributed by atoms with Gasteiger partial charge in [-0.2, -0.15) is 0 Å². The topological polar surface area (TPSA) is 484 Å². The van der Waals surface area contributed by atoms with Gasteiger partial charge < -0.3 is 149 Å². The molecule has 22 rings (SSSR count). The van der Waals surface area contributed by atoms with E-state index in [9.17, 15) is 91.6 Å². The second-order valence-electron chi connectivity index (χ2n) is 17.6. The number of hydrogen-bond donors (Lipinski definition) is 18. The zero-order chi connectivity index (χ0) is 51.0. The van der Waals surface area contributed by atoms with Gasteiger partial charge in [0.2, 0.25) is 5.91 Å². The standard InChI is InChI=1S/C39H63NO30/c1-2-15(46)40-3-9-28-16(47)22(53)34(59-9)66-29-10(4-41)61-36(24(55)18(29)49)68-31-12(6-43)63-38(26(57)20(31)51)70-33-14(8-45)64-39(27(58)21(33)52)69-32-13(7-44)62-37(25(56)19(32)50)67-30-11(5-42)60-35(65-28)23(54)17(30)48/h2,9-14,16-39,41-45,47-58H,1,3-8H2,(H,40,46)/t9-,10-,11-,12-,13-,14-,16-,17-,18-,19-,20-,21-,22-,23-,24-,25-,26-,27-,28-,29-,30-,31-,32-,33-,34-,35-,36-,37-,38-,39-/m1/s1. The van der Waals surface area contributed by atoms with Crippen molar-refractivity contribution < 1.29 is 148 Å². The van der Waals surface area contributed by atoms with E-state index >= 15 is 0 Å². The number of carbonyl (C=O) groups is 1. The van der Waals surface area contributed by atoms with Gasteiger partial charge in [-0.1, -0.05) is 6.58 Å². The van der Waals surface area contributed by atoms with Gasteiger partial charge in [0.15, 0.2) is 37.7 Å². The fourth-order valence-corrected chi connectivity index (χ4v) is 9.22. The minimum atomic E-state index is -2.18. The summed E-state index contributed by atoms with van der Waals surface area (Å²) in [6.07, 6.45) is -58.1. The second kappa shape index (κ2) is 23.7. The molecule has 0 unspecified atom stereocenters. The van der Waals surface area contributed by atoms with Crippen molar-refractivity contribution in [2.75, 3.05) is 39.6 Å². The van der Waals surface area contributed by atoms with Crippen LogP contribution in [0.3, 0.4) is 0 Å². The van der Waals surface area contributed by atoms with Crippen LogP contribution in [0.4, 0.5) is 0 Å². The summed E-state index contributed by atoms with van der Waals surface area (Å²) in [6.45, 7) is -2.30. The molecule has 0 saturated carbocycles. The van der Waals surface area contributed by atoms with Crippen molar-refractivity contribution in [2.24, 2.45) is 0 Å². The van der Waals surface area contributed by atoms with Crippen molar-refractivity contribution in [1.82, 2.24) is 5.32 Å². The Labute approximate surface area is 395 Å². The molecule has 31 heteroatoms. The number of nitrogens with one attached hydrogen (secondary N) is 1. The molecular weight excluding hydrogens is 962 g/mol. The molecule has 31 nitrogen and oxygen atoms in total. The first-order valence-corrected chi connectivity index (χ1v) is 22.3. The summed E-state index contributed by atoms with van der Waals surface area (Å²) in [4.78, 5) is 12.3. The van der Waals surface area contributed by atoms with Crippen molar-refractivity contribution >= 4 is 5.91 Å². The van der Waals surface area contributed by atoms with Crippen LogP contribution in [0.5, 0.6) is 0 Å². The Morgan fingerprint density at radius 3 is 0.700 bits per heavy atom. The molecule has 0 radical (unpaired) electrons. The van der Waals surface area contributed by atoms with Crippen molar-refractivity contribution in [2.45, 2.75) is 184 Å². The van der Waals surface area contributed by atoms with Gasteiger partial charge >= 0.3 is 0 Å². The van der Waals surface area contributed by atoms with Crippen LogP contribution in [-0.2, 0) is 61.6 Å². The molecule has 22 saturated heterocycles. The Bertz CT molecular complexity index is 1680. The molecule has 22 aliphatic rings. The van der Waals surface area contributed by atoms with Crippen LogP contribution in [0.1, 0.15) is 0 Å². The Kier molecular flexibility index (Phi) is 18.9. The third kappa shape index (κ3) is 11.0. The van der Waals surface area contributed by atoms with E-state index in [4.69, 9.17) is 56.8 Å². The highest BCUT2D eigenvalue weighted by Crippen LogP contribution is 2.38. The van der Waals surface area contributed by atoms with Gasteiger partial charge in [0, 0.05) is 6.54 Å². The quantitative estimate of drug-likeness (QED) is 0.100. The van der Waals surface area contributed by atoms with Crippen LogP contribution < -0.4 is 5.32 Å². The van der Waals surface area contributed by atoms with Gasteiger partial charge in [-0.15, -0.1) is 0 Å². The highest BCUT2D eigenvalue weighted by Gasteiger charge is 2.58. The maximum Gasteiger partial charge on any atom is 0.243 e. The van der Waals surface area contributed by atoms with E-state index in [1.165, 1.54) is 0 Å². The zero-order valence-corrected chi connectivity index (χ0v) is 36.8. The third-order valence-corrected chi connectivity index (χ3v) is 13.2. The smallest absolute Gasteiger partial charge is 0.243 e. The molecule has 22 aliphatic heterocycles. The fraction of sp³-hybridized carbons (Fsp3) is 0.923. The third-order valence-electron chi connectivity index (χ3n) is 13.2. The van der Waals surface area contributed by atoms with Gasteiger partial charge in [0.05, 0.1) is 33.0 Å². The van der Waals surface area contributed by atoms with Crippen molar-refractivity contribution in [1.29, 1.82) is 0 Å². The molecule has 0 aromatic heterocycles. The van der Waals surface area contributed by atoms with Gasteiger partial charge in [-0.05, 0) is 6.08 Å². The van der Waals surface area contributed by atoms with Gasteiger partial charge in [-0.25, -0.2) is 0 Å². The summed E-state index contributed by atoms with van der Waals surface area (Å²) in [7, 11) is 0. The average molecular weight is 1030 g/mol. The van der Waals surface area contributed by atoms with Gasteiger partial charge in [-0.3, -0.25) is 4.79 Å². The number of aliphatic hydroxyl groups excluding tert-OH is 17. The lowest BCUT2D eigenvalue weighted by molar-refractivity contribution is -0.403. The SMILES string of the molecule is C=CC(=O)NC[C@H]1O[C@@H]2O[C@H]3[C@H](O)[C@@H](O)[C@@H](O[C@H]4[C@H](O)[C@@H](O)[C@@H](O[C@H]5[C@H](O)[C@@H](O)[C@@H](O[C@H]6[C@H](O)[C@@H](O)[C@@H](O[C@H]7[C@H](O)[C@@H](O)[C@@H](O[C@H]1[C@H](O)[C@H]2O)O[C@@H]7CO)O[C@@H]6CO)O[C@@H]5CO)O[C@@H]4CO)O[C@@H]3CO. The molecular formula is C39H63NO30. The number of hydrogen-bond acceptors (Lipinski definition) is 30. The number of amides is 1. The van der Waals surface area contributed by atoms with E-state index in [0.29, 0.717) is 0 Å². The Balaban J connectivity index is 1.21. The number of rotatable bonds is 8. The van der Waals surface area contributed by atoms with E-state index in [2.05, 4.69) is 11.9 Å². The summed E-state index contributed by atoms with van der Waals surface area (Å²) < 4.78 is 68.7. The Morgan fingerprint density at radius 2 is 0.514 bits per heavy atom. The first-order chi connectivity index (χ1) is 33.3. The Hall–Kier alpha value is -1.95. The van der Waals surface area contributed by atoms with Crippen LogP contribution in [0.15, 0.2) is 12.7 Å². The summed E-state index contributed by atoms with van der Waals surface area (Å²) in [5.41, 5.74) is 0. The minimum absolute atomic E-state index is 0.577. The predicted molar refractivity (Wildman–Crippen MR) is 212 cm³/mol. The molecule has 1 amide bonds.